The summed E-state index contributed by atoms with van der Waals surface area (Å²) >= 11 is 0. The van der Waals surface area contributed by atoms with Crippen LogP contribution in [0.5, 0.6) is 0 Å². The third-order valence-corrected chi connectivity index (χ3v) is 11.1. The van der Waals surface area contributed by atoms with Gasteiger partial charge in [-0.1, -0.05) is 81.4 Å². The molecule has 0 heterocycles. The standard InChI is InChI=1S/C23H30N2O6S2.C13H10/c1-4-11-24-32(27,28)16-7-9-18-19-10-8-17(33(29,30)25-12-5-2)14-21(19)22(20(18)13-16)15-31-23(26)6-3;1-3-7-12-10(5-1)9-11-6-2-4-8-13(11)12/h7-10,13-14,22,24-25H,4-6,11-12,15H2,1-3H3;1-8H,9H2. The zero-order valence-corrected chi connectivity index (χ0v) is 28.0. The quantitative estimate of drug-likeness (QED) is 0.159. The van der Waals surface area contributed by atoms with E-state index >= 15 is 0 Å². The maximum absolute atomic E-state index is 12.7. The summed E-state index contributed by atoms with van der Waals surface area (Å²) in [5.74, 6) is -0.861. The van der Waals surface area contributed by atoms with Crippen LogP contribution in [0, 0.1) is 0 Å². The van der Waals surface area contributed by atoms with Crippen LogP contribution in [0.3, 0.4) is 0 Å². The van der Waals surface area contributed by atoms with Crippen LogP contribution in [0.4, 0.5) is 0 Å². The fourth-order valence-corrected chi connectivity index (χ4v) is 8.17. The molecule has 0 unspecified atom stereocenters. The molecule has 4 aromatic carbocycles. The van der Waals surface area contributed by atoms with Gasteiger partial charge < -0.3 is 4.74 Å². The third-order valence-electron chi connectivity index (χ3n) is 8.20. The molecule has 0 spiro atoms. The SMILES string of the molecule is CCCNS(=O)(=O)c1ccc2c(c1)C(COC(=O)CC)c1cc(S(=O)(=O)NCCC)ccc1-2.c1ccc2c(c1)Cc1ccccc1-2. The van der Waals surface area contributed by atoms with E-state index < -0.39 is 26.0 Å². The second-order valence-corrected chi connectivity index (χ2v) is 14.9. The molecule has 0 amide bonds. The molecule has 0 bridgehead atoms. The maximum Gasteiger partial charge on any atom is 0.305 e. The average molecular weight is 661 g/mol. The van der Waals surface area contributed by atoms with Gasteiger partial charge in [0.2, 0.25) is 20.0 Å². The van der Waals surface area contributed by atoms with Gasteiger partial charge in [0.25, 0.3) is 0 Å². The Morgan fingerprint density at radius 3 is 1.57 bits per heavy atom. The molecule has 0 atom stereocenters. The molecule has 0 aromatic heterocycles. The number of carbonyl (C=O) groups excluding carboxylic acids is 1. The molecule has 4 aromatic rings. The Labute approximate surface area is 272 Å². The van der Waals surface area contributed by atoms with Crippen LogP contribution in [0.1, 0.15) is 68.2 Å². The highest BCUT2D eigenvalue weighted by atomic mass is 32.2. The summed E-state index contributed by atoms with van der Waals surface area (Å²) in [5, 5.41) is 0. The normalized spacial score (nSPS) is 13.2. The number of carbonyl (C=O) groups is 1. The van der Waals surface area contributed by atoms with E-state index in [4.69, 9.17) is 4.74 Å². The van der Waals surface area contributed by atoms with Gasteiger partial charge >= 0.3 is 5.97 Å². The van der Waals surface area contributed by atoms with E-state index in [1.807, 2.05) is 13.8 Å². The van der Waals surface area contributed by atoms with Crippen molar-refractivity contribution in [1.82, 2.24) is 9.44 Å². The fourth-order valence-electron chi connectivity index (χ4n) is 5.83. The lowest BCUT2D eigenvalue weighted by Gasteiger charge is -2.16. The van der Waals surface area contributed by atoms with Crippen molar-refractivity contribution in [2.75, 3.05) is 19.7 Å². The highest BCUT2D eigenvalue weighted by Gasteiger charge is 2.32. The number of benzene rings is 4. The van der Waals surface area contributed by atoms with E-state index in [1.165, 1.54) is 34.4 Å². The monoisotopic (exact) mass is 660 g/mol. The number of hydrogen-bond donors (Lipinski definition) is 2. The lowest BCUT2D eigenvalue weighted by Crippen LogP contribution is -2.24. The Hall–Kier alpha value is -3.83. The summed E-state index contributed by atoms with van der Waals surface area (Å²) in [4.78, 5) is 12.1. The maximum atomic E-state index is 12.7. The lowest BCUT2D eigenvalue weighted by molar-refractivity contribution is -0.143. The van der Waals surface area contributed by atoms with Crippen molar-refractivity contribution in [2.24, 2.45) is 0 Å². The van der Waals surface area contributed by atoms with Crippen molar-refractivity contribution in [1.29, 1.82) is 0 Å². The molecule has 2 N–H and O–H groups in total. The first-order valence-corrected chi connectivity index (χ1v) is 18.7. The summed E-state index contributed by atoms with van der Waals surface area (Å²) in [6.45, 7) is 6.08. The van der Waals surface area contributed by atoms with E-state index in [0.717, 1.165) is 17.5 Å². The first-order chi connectivity index (χ1) is 22.1. The molecule has 0 fully saturated rings. The van der Waals surface area contributed by atoms with Crippen molar-refractivity contribution in [2.45, 2.75) is 62.2 Å². The molecule has 0 saturated heterocycles. The van der Waals surface area contributed by atoms with E-state index in [2.05, 4.69) is 58.0 Å². The van der Waals surface area contributed by atoms with Gasteiger partial charge in [0, 0.05) is 25.4 Å². The number of ether oxygens (including phenoxy) is 1. The van der Waals surface area contributed by atoms with Crippen LogP contribution in [-0.2, 0) is 36.0 Å². The Balaban J connectivity index is 0.000000262. The summed E-state index contributed by atoms with van der Waals surface area (Å²) in [6, 6.07) is 27.0. The van der Waals surface area contributed by atoms with Crippen LogP contribution in [-0.4, -0.2) is 42.5 Å². The smallest absolute Gasteiger partial charge is 0.305 e. The Morgan fingerprint density at radius 2 is 1.13 bits per heavy atom. The van der Waals surface area contributed by atoms with Crippen LogP contribution in [0.2, 0.25) is 0 Å². The van der Waals surface area contributed by atoms with Gasteiger partial charge in [-0.15, -0.1) is 0 Å². The van der Waals surface area contributed by atoms with E-state index in [0.29, 0.717) is 37.1 Å². The van der Waals surface area contributed by atoms with Gasteiger partial charge in [-0.2, -0.15) is 0 Å². The van der Waals surface area contributed by atoms with Crippen molar-refractivity contribution >= 4 is 26.0 Å². The minimum Gasteiger partial charge on any atom is -0.465 e. The Kier molecular flexibility index (Phi) is 10.4. The fraction of sp³-hybridized carbons (Fsp3) is 0.306. The van der Waals surface area contributed by atoms with Gasteiger partial charge in [0.05, 0.1) is 9.79 Å². The molecule has 0 aliphatic heterocycles. The van der Waals surface area contributed by atoms with Gasteiger partial charge in [0.15, 0.2) is 0 Å². The number of fused-ring (bicyclic) bond motifs is 6. The van der Waals surface area contributed by atoms with Gasteiger partial charge in [-0.25, -0.2) is 26.3 Å². The molecule has 2 aliphatic rings. The van der Waals surface area contributed by atoms with Gasteiger partial charge in [-0.05, 0) is 88.0 Å². The molecule has 46 heavy (non-hydrogen) atoms. The van der Waals surface area contributed by atoms with Gasteiger partial charge in [0.1, 0.15) is 6.61 Å². The van der Waals surface area contributed by atoms with E-state index in [1.54, 1.807) is 31.2 Å². The molecule has 8 nitrogen and oxygen atoms in total. The molecule has 242 valence electrons. The number of nitrogens with one attached hydrogen (secondary N) is 2. The van der Waals surface area contributed by atoms with Crippen LogP contribution in [0.15, 0.2) is 94.7 Å². The minimum atomic E-state index is -3.70. The Bertz CT molecular complexity index is 1820. The molecule has 10 heteroatoms. The highest BCUT2D eigenvalue weighted by molar-refractivity contribution is 7.89. The molecule has 0 radical (unpaired) electrons. The molecule has 0 saturated carbocycles. The zero-order valence-electron chi connectivity index (χ0n) is 26.4. The lowest BCUT2D eigenvalue weighted by atomic mass is 9.98. The first kappa shape index (κ1) is 33.5. The van der Waals surface area contributed by atoms with Crippen LogP contribution < -0.4 is 9.44 Å². The zero-order chi connectivity index (χ0) is 32.9. The predicted molar refractivity (Wildman–Crippen MR) is 181 cm³/mol. The number of rotatable bonds is 11. The largest absolute Gasteiger partial charge is 0.465 e. The van der Waals surface area contributed by atoms with Crippen molar-refractivity contribution in [3.63, 3.8) is 0 Å². The van der Waals surface area contributed by atoms with Crippen molar-refractivity contribution in [3.8, 4) is 22.3 Å². The summed E-state index contributed by atoms with van der Waals surface area (Å²) in [6.07, 6.45) is 2.63. The Morgan fingerprint density at radius 1 is 0.674 bits per heavy atom. The average Bonchev–Trinajstić information content (AvgIpc) is 3.60. The molecule has 6 rings (SSSR count). The summed E-state index contributed by atoms with van der Waals surface area (Å²) in [7, 11) is -7.39. The minimum absolute atomic E-state index is 0.00947. The van der Waals surface area contributed by atoms with Gasteiger partial charge in [-0.3, -0.25) is 4.79 Å². The number of sulfonamides is 2. The van der Waals surface area contributed by atoms with Crippen LogP contribution >= 0.6 is 0 Å². The van der Waals surface area contributed by atoms with Crippen LogP contribution in [0.25, 0.3) is 22.3 Å². The van der Waals surface area contributed by atoms with Crippen molar-refractivity contribution < 1.29 is 26.4 Å². The van der Waals surface area contributed by atoms with Crippen molar-refractivity contribution in [3.05, 3.63) is 107 Å². The first-order valence-electron chi connectivity index (χ1n) is 15.7. The highest BCUT2D eigenvalue weighted by Crippen LogP contribution is 2.46. The summed E-state index contributed by atoms with van der Waals surface area (Å²) < 4.78 is 61.3. The third kappa shape index (κ3) is 7.10. The second-order valence-electron chi connectivity index (χ2n) is 11.4. The molecular weight excluding hydrogens is 621 g/mol. The summed E-state index contributed by atoms with van der Waals surface area (Å²) in [5.41, 5.74) is 8.71. The molecular formula is C36H40N2O6S2. The number of esters is 1. The topological polar surface area (TPSA) is 119 Å². The predicted octanol–water partition coefficient (Wildman–Crippen LogP) is 6.39. The molecule has 2 aliphatic carbocycles. The van der Waals surface area contributed by atoms with E-state index in [9.17, 15) is 21.6 Å². The number of hydrogen-bond acceptors (Lipinski definition) is 6. The van der Waals surface area contributed by atoms with E-state index in [-0.39, 0.29) is 28.8 Å². The second kappa shape index (κ2) is 14.3.